The average molecular weight is 345 g/mol. The zero-order chi connectivity index (χ0) is 17.8. The van der Waals surface area contributed by atoms with Crippen LogP contribution in [-0.4, -0.2) is 28.3 Å². The van der Waals surface area contributed by atoms with Gasteiger partial charge in [-0.2, -0.15) is 0 Å². The van der Waals surface area contributed by atoms with Crippen molar-refractivity contribution in [2.24, 2.45) is 0 Å². The molecule has 130 valence electrons. The minimum Gasteiger partial charge on any atom is -0.494 e. The van der Waals surface area contributed by atoms with Crippen molar-refractivity contribution in [3.8, 4) is 22.6 Å². The van der Waals surface area contributed by atoms with E-state index in [1.165, 1.54) is 0 Å². The third-order valence-corrected chi connectivity index (χ3v) is 4.28. The molecule has 0 bridgehead atoms. The maximum atomic E-state index is 5.91. The normalized spacial score (nSPS) is 10.8. The van der Waals surface area contributed by atoms with E-state index in [1.54, 1.807) is 25.8 Å². The highest BCUT2D eigenvalue weighted by molar-refractivity contribution is 5.97. The van der Waals surface area contributed by atoms with Crippen molar-refractivity contribution >= 4 is 10.9 Å². The molecule has 0 aliphatic carbocycles. The van der Waals surface area contributed by atoms with Gasteiger partial charge >= 0.3 is 0 Å². The van der Waals surface area contributed by atoms with E-state index in [0.717, 1.165) is 40.1 Å². The number of imidazole rings is 1. The van der Waals surface area contributed by atoms with Crippen LogP contribution in [0.1, 0.15) is 0 Å². The van der Waals surface area contributed by atoms with Crippen LogP contribution in [0.5, 0.6) is 11.5 Å². The maximum absolute atomic E-state index is 5.91. The van der Waals surface area contributed by atoms with Gasteiger partial charge in [0, 0.05) is 24.0 Å². The van der Waals surface area contributed by atoms with Gasteiger partial charge in [0.15, 0.2) is 0 Å². The lowest BCUT2D eigenvalue weighted by Gasteiger charge is -2.12. The first-order valence-electron chi connectivity index (χ1n) is 8.46. The average Bonchev–Trinajstić information content (AvgIpc) is 3.21. The van der Waals surface area contributed by atoms with Gasteiger partial charge in [-0.15, -0.1) is 0 Å². The Balaban J connectivity index is 1.61. The van der Waals surface area contributed by atoms with Crippen molar-refractivity contribution in [1.82, 2.24) is 14.5 Å². The standard InChI is InChI=1S/C21H19N3O2/c1-25-20-8-7-18(19-6-3-9-23-21(19)20)16-4-2-5-17(14-16)26-13-12-24-11-10-22-15-24/h2-11,14-15H,12-13H2,1H3. The third kappa shape index (κ3) is 3.24. The Hall–Kier alpha value is -3.34. The van der Waals surface area contributed by atoms with Crippen molar-refractivity contribution in [2.45, 2.75) is 6.54 Å². The van der Waals surface area contributed by atoms with Crippen LogP contribution in [0.3, 0.4) is 0 Å². The first-order chi connectivity index (χ1) is 12.8. The van der Waals surface area contributed by atoms with E-state index in [-0.39, 0.29) is 0 Å². The summed E-state index contributed by atoms with van der Waals surface area (Å²) in [5, 5.41) is 1.06. The molecular formula is C21H19N3O2. The number of hydrogen-bond donors (Lipinski definition) is 0. The molecule has 0 atom stereocenters. The second-order valence-electron chi connectivity index (χ2n) is 5.89. The Morgan fingerprint density at radius 3 is 2.85 bits per heavy atom. The Kier molecular flexibility index (Phi) is 4.51. The van der Waals surface area contributed by atoms with E-state index < -0.39 is 0 Å². The number of methoxy groups -OCH3 is 1. The molecule has 0 N–H and O–H groups in total. The monoisotopic (exact) mass is 345 g/mol. The fourth-order valence-electron chi connectivity index (χ4n) is 3.00. The number of rotatable bonds is 6. The Morgan fingerprint density at radius 2 is 2.00 bits per heavy atom. The lowest BCUT2D eigenvalue weighted by Crippen LogP contribution is -2.06. The Labute approximate surface area is 151 Å². The number of pyridine rings is 1. The van der Waals surface area contributed by atoms with E-state index in [1.807, 2.05) is 35.0 Å². The molecule has 2 aromatic heterocycles. The summed E-state index contributed by atoms with van der Waals surface area (Å²) in [4.78, 5) is 8.51. The number of hydrogen-bond acceptors (Lipinski definition) is 4. The molecule has 0 radical (unpaired) electrons. The minimum absolute atomic E-state index is 0.588. The molecule has 0 fully saturated rings. The molecular weight excluding hydrogens is 326 g/mol. The summed E-state index contributed by atoms with van der Waals surface area (Å²) in [5.41, 5.74) is 3.05. The van der Waals surface area contributed by atoms with Gasteiger partial charge in [-0.05, 0) is 41.5 Å². The van der Waals surface area contributed by atoms with Crippen molar-refractivity contribution < 1.29 is 9.47 Å². The molecule has 4 aromatic rings. The van der Waals surface area contributed by atoms with E-state index in [9.17, 15) is 0 Å². The van der Waals surface area contributed by atoms with Gasteiger partial charge in [0.25, 0.3) is 0 Å². The molecule has 2 aromatic carbocycles. The van der Waals surface area contributed by atoms with Gasteiger partial charge < -0.3 is 14.0 Å². The largest absolute Gasteiger partial charge is 0.494 e. The summed E-state index contributed by atoms with van der Waals surface area (Å²) in [7, 11) is 1.66. The Bertz CT molecular complexity index is 1010. The van der Waals surface area contributed by atoms with Crippen LogP contribution in [0.15, 0.2) is 73.4 Å². The van der Waals surface area contributed by atoms with Crippen LogP contribution in [-0.2, 0) is 6.54 Å². The molecule has 26 heavy (non-hydrogen) atoms. The maximum Gasteiger partial charge on any atom is 0.145 e. The second kappa shape index (κ2) is 7.27. The Morgan fingerprint density at radius 1 is 1.04 bits per heavy atom. The van der Waals surface area contributed by atoms with E-state index in [0.29, 0.717) is 6.61 Å². The molecule has 2 heterocycles. The van der Waals surface area contributed by atoms with Gasteiger partial charge in [-0.25, -0.2) is 4.98 Å². The van der Waals surface area contributed by atoms with E-state index >= 15 is 0 Å². The third-order valence-electron chi connectivity index (χ3n) is 4.28. The molecule has 5 heteroatoms. The van der Waals surface area contributed by atoms with Crippen molar-refractivity contribution in [1.29, 1.82) is 0 Å². The van der Waals surface area contributed by atoms with Crippen LogP contribution >= 0.6 is 0 Å². The zero-order valence-electron chi connectivity index (χ0n) is 14.5. The van der Waals surface area contributed by atoms with Crippen molar-refractivity contribution in [3.63, 3.8) is 0 Å². The number of nitrogens with zero attached hydrogens (tertiary/aromatic N) is 3. The number of fused-ring (bicyclic) bond motifs is 1. The highest BCUT2D eigenvalue weighted by atomic mass is 16.5. The molecule has 5 nitrogen and oxygen atoms in total. The molecule has 0 aliphatic heterocycles. The minimum atomic E-state index is 0.588. The quantitative estimate of drug-likeness (QED) is 0.526. The van der Waals surface area contributed by atoms with Crippen LogP contribution in [0, 0.1) is 0 Å². The molecule has 0 amide bonds. The molecule has 0 saturated heterocycles. The van der Waals surface area contributed by atoms with Crippen LogP contribution in [0.2, 0.25) is 0 Å². The summed E-state index contributed by atoms with van der Waals surface area (Å²) >= 11 is 0. The summed E-state index contributed by atoms with van der Waals surface area (Å²) in [5.74, 6) is 1.62. The van der Waals surface area contributed by atoms with Crippen molar-refractivity contribution in [2.75, 3.05) is 13.7 Å². The van der Waals surface area contributed by atoms with Gasteiger partial charge in [0.2, 0.25) is 0 Å². The number of aromatic nitrogens is 3. The molecule has 0 saturated carbocycles. The second-order valence-corrected chi connectivity index (χ2v) is 5.89. The summed E-state index contributed by atoms with van der Waals surface area (Å²) < 4.78 is 13.3. The predicted octanol–water partition coefficient (Wildman–Crippen LogP) is 4.19. The fraction of sp³-hybridized carbons (Fsp3) is 0.143. The molecule has 4 rings (SSSR count). The van der Waals surface area contributed by atoms with Gasteiger partial charge in [-0.3, -0.25) is 4.98 Å². The SMILES string of the molecule is COc1ccc(-c2cccc(OCCn3ccnc3)c2)c2cccnc12. The summed E-state index contributed by atoms with van der Waals surface area (Å²) in [6.45, 7) is 1.35. The first kappa shape index (κ1) is 16.1. The van der Waals surface area contributed by atoms with Gasteiger partial charge in [0.1, 0.15) is 23.6 Å². The predicted molar refractivity (Wildman–Crippen MR) is 101 cm³/mol. The van der Waals surface area contributed by atoms with Crippen LogP contribution < -0.4 is 9.47 Å². The van der Waals surface area contributed by atoms with Gasteiger partial charge in [0.05, 0.1) is 20.0 Å². The lowest BCUT2D eigenvalue weighted by atomic mass is 10.00. The molecule has 0 unspecified atom stereocenters. The lowest BCUT2D eigenvalue weighted by molar-refractivity contribution is 0.298. The van der Waals surface area contributed by atoms with Crippen molar-refractivity contribution in [3.05, 3.63) is 73.4 Å². The highest BCUT2D eigenvalue weighted by Gasteiger charge is 2.09. The number of ether oxygens (including phenoxy) is 2. The van der Waals surface area contributed by atoms with E-state index in [2.05, 4.69) is 34.2 Å². The zero-order valence-corrected chi connectivity index (χ0v) is 14.5. The topological polar surface area (TPSA) is 49.2 Å². The van der Waals surface area contributed by atoms with Gasteiger partial charge in [-0.1, -0.05) is 18.2 Å². The smallest absolute Gasteiger partial charge is 0.145 e. The van der Waals surface area contributed by atoms with E-state index in [4.69, 9.17) is 9.47 Å². The first-order valence-corrected chi connectivity index (χ1v) is 8.46. The van der Waals surface area contributed by atoms with Crippen LogP contribution in [0.4, 0.5) is 0 Å². The summed E-state index contributed by atoms with van der Waals surface area (Å²) in [6, 6.07) is 16.1. The molecule has 0 spiro atoms. The van der Waals surface area contributed by atoms with Crippen LogP contribution in [0.25, 0.3) is 22.0 Å². The molecule has 0 aliphatic rings. The summed E-state index contributed by atoms with van der Waals surface area (Å²) in [6.07, 6.45) is 7.26. The highest BCUT2D eigenvalue weighted by Crippen LogP contribution is 2.34. The number of benzene rings is 2. The fourth-order valence-corrected chi connectivity index (χ4v) is 3.00.